The first kappa shape index (κ1) is 15.0. The molecule has 102 valence electrons. The zero-order chi connectivity index (χ0) is 12.8. The van der Waals surface area contributed by atoms with Crippen LogP contribution in [0.15, 0.2) is 12.7 Å². The first-order valence-corrected chi connectivity index (χ1v) is 6.87. The van der Waals surface area contributed by atoms with E-state index in [4.69, 9.17) is 5.73 Å². The van der Waals surface area contributed by atoms with Crippen molar-refractivity contribution in [2.24, 2.45) is 17.1 Å². The van der Waals surface area contributed by atoms with Crippen LogP contribution in [0.3, 0.4) is 0 Å². The van der Waals surface area contributed by atoms with Gasteiger partial charge in [-0.2, -0.15) is 0 Å². The summed E-state index contributed by atoms with van der Waals surface area (Å²) in [6.07, 6.45) is 2.79. The SMILES string of the molecule is C=CC1CC1(C(N)=O)C(=O)NS(=O)(=O)C1CC1.Cl. The van der Waals surface area contributed by atoms with Gasteiger partial charge in [0.2, 0.25) is 21.8 Å². The van der Waals surface area contributed by atoms with Gasteiger partial charge in [-0.15, -0.1) is 19.0 Å². The average Bonchev–Trinajstić information content (AvgIpc) is 3.10. The van der Waals surface area contributed by atoms with Gasteiger partial charge in [0.15, 0.2) is 0 Å². The molecule has 2 aliphatic carbocycles. The third kappa shape index (κ3) is 2.24. The van der Waals surface area contributed by atoms with Crippen LogP contribution < -0.4 is 10.5 Å². The van der Waals surface area contributed by atoms with Crippen molar-refractivity contribution in [1.29, 1.82) is 0 Å². The first-order chi connectivity index (χ1) is 7.84. The Bertz CT molecular complexity index is 500. The summed E-state index contributed by atoms with van der Waals surface area (Å²) in [5.41, 5.74) is 3.75. The summed E-state index contributed by atoms with van der Waals surface area (Å²) < 4.78 is 25.1. The normalized spacial score (nSPS) is 29.9. The fraction of sp³-hybridized carbons (Fsp3) is 0.600. The molecule has 18 heavy (non-hydrogen) atoms. The molecule has 0 radical (unpaired) electrons. The molecule has 2 atom stereocenters. The van der Waals surface area contributed by atoms with Gasteiger partial charge in [0, 0.05) is 5.92 Å². The lowest BCUT2D eigenvalue weighted by Crippen LogP contribution is -2.45. The Morgan fingerprint density at radius 3 is 2.28 bits per heavy atom. The van der Waals surface area contributed by atoms with E-state index in [0.29, 0.717) is 12.8 Å². The third-order valence-electron chi connectivity index (χ3n) is 3.34. The van der Waals surface area contributed by atoms with E-state index in [-0.39, 0.29) is 24.7 Å². The van der Waals surface area contributed by atoms with Gasteiger partial charge in [0.25, 0.3) is 0 Å². The van der Waals surface area contributed by atoms with E-state index in [9.17, 15) is 18.0 Å². The molecular formula is C10H15ClN2O4S. The maximum atomic E-state index is 11.8. The lowest BCUT2D eigenvalue weighted by molar-refractivity contribution is -0.134. The molecule has 2 saturated carbocycles. The maximum absolute atomic E-state index is 11.8. The molecule has 2 amide bonds. The molecule has 2 rings (SSSR count). The van der Waals surface area contributed by atoms with Gasteiger partial charge in [-0.25, -0.2) is 8.42 Å². The Morgan fingerprint density at radius 2 is 1.94 bits per heavy atom. The summed E-state index contributed by atoms with van der Waals surface area (Å²) in [6.45, 7) is 3.49. The number of sulfonamides is 1. The number of rotatable bonds is 5. The van der Waals surface area contributed by atoms with Gasteiger partial charge in [-0.3, -0.25) is 14.3 Å². The zero-order valence-electron chi connectivity index (χ0n) is 9.59. The number of nitrogens with two attached hydrogens (primary N) is 1. The van der Waals surface area contributed by atoms with E-state index in [2.05, 4.69) is 6.58 Å². The first-order valence-electron chi connectivity index (χ1n) is 5.33. The molecule has 6 nitrogen and oxygen atoms in total. The van der Waals surface area contributed by atoms with E-state index in [1.165, 1.54) is 6.08 Å². The number of hydrogen-bond donors (Lipinski definition) is 2. The van der Waals surface area contributed by atoms with Crippen LogP contribution in [0, 0.1) is 11.3 Å². The van der Waals surface area contributed by atoms with E-state index >= 15 is 0 Å². The summed E-state index contributed by atoms with van der Waals surface area (Å²) in [4.78, 5) is 23.1. The molecule has 0 aromatic rings. The largest absolute Gasteiger partial charge is 0.369 e. The quantitative estimate of drug-likeness (QED) is 0.536. The van der Waals surface area contributed by atoms with Crippen molar-refractivity contribution >= 4 is 34.2 Å². The molecule has 0 heterocycles. The van der Waals surface area contributed by atoms with Crippen LogP contribution in [0.5, 0.6) is 0 Å². The molecule has 3 N–H and O–H groups in total. The Hall–Kier alpha value is -1.08. The van der Waals surface area contributed by atoms with Crippen molar-refractivity contribution in [1.82, 2.24) is 4.72 Å². The number of primary amides is 1. The predicted octanol–water partition coefficient (Wildman–Crippen LogP) is -0.306. The highest BCUT2D eigenvalue weighted by Gasteiger charge is 2.64. The van der Waals surface area contributed by atoms with Crippen molar-refractivity contribution in [3.8, 4) is 0 Å². The van der Waals surface area contributed by atoms with Gasteiger partial charge in [0.1, 0.15) is 5.41 Å². The van der Waals surface area contributed by atoms with Crippen molar-refractivity contribution in [2.45, 2.75) is 24.5 Å². The van der Waals surface area contributed by atoms with Crippen molar-refractivity contribution < 1.29 is 18.0 Å². The van der Waals surface area contributed by atoms with Crippen LogP contribution >= 0.6 is 12.4 Å². The highest BCUT2D eigenvalue weighted by molar-refractivity contribution is 7.90. The molecule has 0 saturated heterocycles. The van der Waals surface area contributed by atoms with Crippen LogP contribution in [-0.4, -0.2) is 25.5 Å². The van der Waals surface area contributed by atoms with Crippen LogP contribution in [0.25, 0.3) is 0 Å². The monoisotopic (exact) mass is 294 g/mol. The molecule has 0 aliphatic heterocycles. The number of halogens is 1. The molecule has 2 fully saturated rings. The Balaban J connectivity index is 0.00000162. The smallest absolute Gasteiger partial charge is 0.249 e. The van der Waals surface area contributed by atoms with Crippen LogP contribution in [0.1, 0.15) is 19.3 Å². The van der Waals surface area contributed by atoms with Crippen molar-refractivity contribution in [3.05, 3.63) is 12.7 Å². The Kier molecular flexibility index (Phi) is 3.78. The molecule has 2 aliphatic rings. The number of carbonyl (C=O) groups is 2. The lowest BCUT2D eigenvalue weighted by Gasteiger charge is -2.12. The second kappa shape index (κ2) is 4.55. The molecule has 8 heteroatoms. The summed E-state index contributed by atoms with van der Waals surface area (Å²) in [6, 6.07) is 0. The number of nitrogens with one attached hydrogen (secondary N) is 1. The summed E-state index contributed by atoms with van der Waals surface area (Å²) in [7, 11) is -3.64. The zero-order valence-corrected chi connectivity index (χ0v) is 11.2. The summed E-state index contributed by atoms with van der Waals surface area (Å²) >= 11 is 0. The Labute approximate surface area is 111 Å². The second-order valence-electron chi connectivity index (χ2n) is 4.56. The van der Waals surface area contributed by atoms with E-state index < -0.39 is 32.5 Å². The third-order valence-corrected chi connectivity index (χ3v) is 5.16. The minimum Gasteiger partial charge on any atom is -0.369 e. The molecule has 0 aromatic carbocycles. The van der Waals surface area contributed by atoms with Gasteiger partial charge in [0.05, 0.1) is 5.25 Å². The molecular weight excluding hydrogens is 280 g/mol. The van der Waals surface area contributed by atoms with Crippen molar-refractivity contribution in [3.63, 3.8) is 0 Å². The van der Waals surface area contributed by atoms with E-state index in [1.54, 1.807) is 0 Å². The summed E-state index contributed by atoms with van der Waals surface area (Å²) in [5, 5.41) is -0.502. The highest BCUT2D eigenvalue weighted by Crippen LogP contribution is 2.53. The fourth-order valence-electron chi connectivity index (χ4n) is 1.91. The van der Waals surface area contributed by atoms with Crippen LogP contribution in [0.4, 0.5) is 0 Å². The Morgan fingerprint density at radius 1 is 1.39 bits per heavy atom. The van der Waals surface area contributed by atoms with Gasteiger partial charge < -0.3 is 5.73 Å². The topological polar surface area (TPSA) is 106 Å². The van der Waals surface area contributed by atoms with Crippen molar-refractivity contribution in [2.75, 3.05) is 0 Å². The second-order valence-corrected chi connectivity index (χ2v) is 6.52. The number of allylic oxidation sites excluding steroid dienone is 1. The molecule has 2 unspecified atom stereocenters. The highest BCUT2D eigenvalue weighted by atomic mass is 35.5. The lowest BCUT2D eigenvalue weighted by atomic mass is 10.0. The standard InChI is InChI=1S/C10H14N2O4S.ClH/c1-2-6-5-10(6,8(11)13)9(14)12-17(15,16)7-3-4-7;/h2,6-7H,1,3-5H2,(H2,11,13)(H,12,14);1H. The van der Waals surface area contributed by atoms with E-state index in [1.807, 2.05) is 4.72 Å². The summed E-state index contributed by atoms with van der Waals surface area (Å²) in [5.74, 6) is -1.98. The molecule has 0 spiro atoms. The minimum atomic E-state index is -3.64. The van der Waals surface area contributed by atoms with Crippen LogP contribution in [-0.2, 0) is 19.6 Å². The number of hydrogen-bond acceptors (Lipinski definition) is 4. The van der Waals surface area contributed by atoms with Gasteiger partial charge in [-0.1, -0.05) is 6.08 Å². The minimum absolute atomic E-state index is 0. The predicted molar refractivity (Wildman–Crippen MR) is 67.3 cm³/mol. The van der Waals surface area contributed by atoms with Crippen LogP contribution in [0.2, 0.25) is 0 Å². The fourth-order valence-corrected chi connectivity index (χ4v) is 3.27. The van der Waals surface area contributed by atoms with Gasteiger partial charge >= 0.3 is 0 Å². The maximum Gasteiger partial charge on any atom is 0.249 e. The number of amides is 2. The molecule has 0 aromatic heterocycles. The number of carbonyl (C=O) groups excluding carboxylic acids is 2. The van der Waals surface area contributed by atoms with Gasteiger partial charge in [-0.05, 0) is 19.3 Å². The average molecular weight is 295 g/mol. The molecule has 0 bridgehead atoms. The van der Waals surface area contributed by atoms with E-state index in [0.717, 1.165) is 0 Å².